The van der Waals surface area contributed by atoms with Gasteiger partial charge in [0.25, 0.3) is 7.45 Å². The molecule has 0 saturated carbocycles. The zero-order chi connectivity index (χ0) is 10.7. The van der Waals surface area contributed by atoms with Gasteiger partial charge in [-0.05, 0) is 6.90 Å². The minimum atomic E-state index is -0.950. The van der Waals surface area contributed by atoms with Gasteiger partial charge >= 0.3 is 0 Å². The van der Waals surface area contributed by atoms with Crippen LogP contribution in [0.2, 0.25) is 6.82 Å². The highest BCUT2D eigenvalue weighted by Gasteiger charge is 2.41. The molecule has 1 heterocycles. The Labute approximate surface area is 75.2 Å². The maximum atomic E-state index is 11.5. The second kappa shape index (κ2) is 4.02. The van der Waals surface area contributed by atoms with Crippen LogP contribution < -0.4 is 0 Å². The molecule has 4 nitrogen and oxygen atoms in total. The van der Waals surface area contributed by atoms with Crippen molar-refractivity contribution in [3.8, 4) is 0 Å². The summed E-state index contributed by atoms with van der Waals surface area (Å²) >= 11 is 0. The molecule has 12 heavy (non-hydrogen) atoms. The molecule has 0 radical (unpaired) electrons. The summed E-state index contributed by atoms with van der Waals surface area (Å²) in [6, 6.07) is 0. The van der Waals surface area contributed by atoms with Crippen LogP contribution in [-0.4, -0.2) is 40.2 Å². The van der Waals surface area contributed by atoms with Gasteiger partial charge in [0.1, 0.15) is 6.10 Å². The van der Waals surface area contributed by atoms with Gasteiger partial charge in [-0.1, -0.05) is 6.82 Å². The first-order valence-corrected chi connectivity index (χ1v) is 3.69. The highest BCUT2D eigenvalue weighted by molar-refractivity contribution is 6.25. The van der Waals surface area contributed by atoms with E-state index >= 15 is 0 Å². The fraction of sp³-hybridized carbons (Fsp3) is 0.857. The lowest BCUT2D eigenvalue weighted by Gasteiger charge is -2.10. The zero-order valence-electron chi connectivity index (χ0n) is 9.15. The van der Waals surface area contributed by atoms with Gasteiger partial charge in [-0.15, -0.1) is 0 Å². The van der Waals surface area contributed by atoms with E-state index in [1.54, 1.807) is 0 Å². The molecule has 3 atom stereocenters. The first-order valence-electron chi connectivity index (χ1n) is 4.97. The maximum absolute atomic E-state index is 11.5. The molecule has 1 aliphatic rings. The Morgan fingerprint density at radius 3 is 3.08 bits per heavy atom. The van der Waals surface area contributed by atoms with Crippen molar-refractivity contribution >= 4 is 13.2 Å². The Kier molecular flexibility index (Phi) is 2.37. The molecule has 68 valence electrons. The average molecular weight is 174 g/mol. The van der Waals surface area contributed by atoms with Crippen molar-refractivity contribution in [2.45, 2.75) is 32.2 Å². The standard InChI is InChI=1S/C7H13BO4/c1-4-6(12-8-2)5(9)7(10-3)11-4/h4,6-8H,1-3H3/t4-,6-,7+/m1/s1/i1D,8D. The van der Waals surface area contributed by atoms with Crippen molar-refractivity contribution in [2.24, 2.45) is 0 Å². The molecule has 1 aliphatic heterocycles. The first kappa shape index (κ1) is 7.06. The molecule has 1 rings (SSSR count). The minimum Gasteiger partial charge on any atom is -0.428 e. The van der Waals surface area contributed by atoms with Crippen LogP contribution in [0.4, 0.5) is 0 Å². The van der Waals surface area contributed by atoms with Crippen molar-refractivity contribution < 1.29 is 20.3 Å². The summed E-state index contributed by atoms with van der Waals surface area (Å²) in [5.41, 5.74) is 0. The number of Topliss-reactive ketones (excluding diaryl/α,β-unsaturated/α-hetero) is 1. The number of ether oxygens (including phenoxy) is 2. The van der Waals surface area contributed by atoms with Crippen LogP contribution in [-0.2, 0) is 18.9 Å². The normalized spacial score (nSPS) is 37.8. The summed E-state index contributed by atoms with van der Waals surface area (Å²) in [7, 11) is 0.549. The highest BCUT2D eigenvalue weighted by Crippen LogP contribution is 2.19. The smallest absolute Gasteiger partial charge is 0.272 e. The molecule has 0 N–H and O–H groups in total. The molecule has 0 aromatic rings. The first-order chi connectivity index (χ1) is 6.60. The quantitative estimate of drug-likeness (QED) is 0.552. The van der Waals surface area contributed by atoms with Crippen molar-refractivity contribution in [3.05, 3.63) is 0 Å². The monoisotopic (exact) mass is 174 g/mol. The molecule has 1 fully saturated rings. The van der Waals surface area contributed by atoms with E-state index < -0.39 is 25.9 Å². The SMILES string of the molecule is [2H]C[C@H]1O[C@H](OC)C(=O)[C@@H]1OB([2H])C. The summed E-state index contributed by atoms with van der Waals surface area (Å²) in [5, 5.41) is 0. The fourth-order valence-electron chi connectivity index (χ4n) is 1.09. The van der Waals surface area contributed by atoms with Crippen molar-refractivity contribution in [1.82, 2.24) is 0 Å². The number of rotatable bonds is 3. The lowest BCUT2D eigenvalue weighted by molar-refractivity contribution is -0.149. The van der Waals surface area contributed by atoms with Gasteiger partial charge in [0.15, 0.2) is 0 Å². The second-order valence-electron chi connectivity index (χ2n) is 2.44. The number of ketones is 1. The van der Waals surface area contributed by atoms with Gasteiger partial charge in [0.05, 0.1) is 6.10 Å². The molecule has 5 heteroatoms. The molecule has 0 amide bonds. The Bertz CT molecular complexity index is 214. The number of hydrogen-bond acceptors (Lipinski definition) is 4. The summed E-state index contributed by atoms with van der Waals surface area (Å²) in [4.78, 5) is 11.5. The van der Waals surface area contributed by atoms with Gasteiger partial charge in [0.2, 0.25) is 12.1 Å². The van der Waals surface area contributed by atoms with E-state index in [2.05, 4.69) is 0 Å². The Hall–Kier alpha value is -0.385. The van der Waals surface area contributed by atoms with Crippen LogP contribution in [0.1, 0.15) is 8.27 Å². The minimum absolute atomic E-state index is 0.0804. The number of carbonyl (C=O) groups is 1. The third kappa shape index (κ3) is 1.68. The zero-order valence-corrected chi connectivity index (χ0v) is 7.15. The Morgan fingerprint density at radius 1 is 1.83 bits per heavy atom. The van der Waals surface area contributed by atoms with Gasteiger partial charge < -0.3 is 14.1 Å². The van der Waals surface area contributed by atoms with Gasteiger partial charge in [0, 0.05) is 9.82 Å². The van der Waals surface area contributed by atoms with E-state index in [1.165, 1.54) is 13.9 Å². The molecule has 0 aromatic heterocycles. The third-order valence-corrected chi connectivity index (χ3v) is 1.65. The van der Waals surface area contributed by atoms with E-state index in [-0.39, 0.29) is 12.7 Å². The molecular formula is C7H13BO4. The molecule has 0 aromatic carbocycles. The number of hydrogen-bond donors (Lipinski definition) is 0. The molecule has 0 spiro atoms. The molecular weight excluding hydrogens is 159 g/mol. The van der Waals surface area contributed by atoms with Gasteiger partial charge in [-0.2, -0.15) is 0 Å². The molecule has 1 saturated heterocycles. The van der Waals surface area contributed by atoms with Crippen molar-refractivity contribution in [2.75, 3.05) is 7.11 Å². The summed E-state index contributed by atoms with van der Waals surface area (Å²) in [5.74, 6) is -0.344. The van der Waals surface area contributed by atoms with Crippen LogP contribution in [0.5, 0.6) is 0 Å². The average Bonchev–Trinajstić information content (AvgIpc) is 2.43. The Morgan fingerprint density at radius 2 is 2.58 bits per heavy atom. The Balaban J connectivity index is 2.65. The van der Waals surface area contributed by atoms with Crippen LogP contribution >= 0.6 is 0 Å². The predicted octanol–water partition coefficient (Wildman–Crippen LogP) is -0.269. The summed E-state index contributed by atoms with van der Waals surface area (Å²) in [6.45, 7) is 1.43. The lowest BCUT2D eigenvalue weighted by atomic mass is 10.0. The topological polar surface area (TPSA) is 44.8 Å². The number of methoxy groups -OCH3 is 1. The summed E-state index contributed by atoms with van der Waals surface area (Å²) in [6.07, 6.45) is -2.42. The van der Waals surface area contributed by atoms with Gasteiger partial charge in [-0.3, -0.25) is 4.79 Å². The predicted molar refractivity (Wildman–Crippen MR) is 44.2 cm³/mol. The fourth-order valence-corrected chi connectivity index (χ4v) is 1.09. The van der Waals surface area contributed by atoms with Crippen LogP contribution in [0, 0.1) is 0 Å². The van der Waals surface area contributed by atoms with Crippen molar-refractivity contribution in [3.63, 3.8) is 0 Å². The van der Waals surface area contributed by atoms with Gasteiger partial charge in [-0.25, -0.2) is 0 Å². The largest absolute Gasteiger partial charge is 0.428 e. The third-order valence-electron chi connectivity index (χ3n) is 1.65. The maximum Gasteiger partial charge on any atom is 0.272 e. The van der Waals surface area contributed by atoms with E-state index in [1.807, 2.05) is 0 Å². The van der Waals surface area contributed by atoms with Crippen molar-refractivity contribution in [1.29, 1.82) is 1.34 Å². The van der Waals surface area contributed by atoms with E-state index in [0.717, 1.165) is 0 Å². The summed E-state index contributed by atoms with van der Waals surface area (Å²) < 4.78 is 29.3. The highest BCUT2D eigenvalue weighted by atomic mass is 16.7. The van der Waals surface area contributed by atoms with E-state index in [0.29, 0.717) is 0 Å². The molecule has 0 aliphatic carbocycles. The molecule has 0 unspecified atom stereocenters. The number of carbonyl (C=O) groups excluding carboxylic acids is 1. The second-order valence-corrected chi connectivity index (χ2v) is 2.44. The van der Waals surface area contributed by atoms with Crippen LogP contribution in [0.3, 0.4) is 0 Å². The van der Waals surface area contributed by atoms with Crippen LogP contribution in [0.25, 0.3) is 0 Å². The lowest BCUT2D eigenvalue weighted by Crippen LogP contribution is -2.30. The molecule has 0 bridgehead atoms. The van der Waals surface area contributed by atoms with Crippen LogP contribution in [0.15, 0.2) is 0 Å². The van der Waals surface area contributed by atoms with E-state index in [4.69, 9.17) is 16.8 Å². The van der Waals surface area contributed by atoms with E-state index in [9.17, 15) is 4.79 Å².